The van der Waals surface area contributed by atoms with E-state index < -0.39 is 0 Å². The van der Waals surface area contributed by atoms with Crippen LogP contribution in [0.1, 0.15) is 34.6 Å². The number of aromatic amines is 1. The maximum Gasteiger partial charge on any atom is 0.274 e. The number of carbonyl (C=O) groups excluding carboxylic acids is 1. The van der Waals surface area contributed by atoms with E-state index in [1.165, 1.54) is 5.56 Å². The SMILES string of the molecule is Cc1cc(C(=O)N2CC[C@H](OCCCc3ccccc3)C2)n[nH]1. The smallest absolute Gasteiger partial charge is 0.274 e. The van der Waals surface area contributed by atoms with Gasteiger partial charge in [-0.1, -0.05) is 30.3 Å². The van der Waals surface area contributed by atoms with Crippen LogP contribution >= 0.6 is 0 Å². The molecule has 2 heterocycles. The fourth-order valence-corrected chi connectivity index (χ4v) is 2.91. The molecule has 0 radical (unpaired) electrons. The van der Waals surface area contributed by atoms with Crippen LogP contribution in [0.25, 0.3) is 0 Å². The molecule has 5 heteroatoms. The van der Waals surface area contributed by atoms with E-state index in [9.17, 15) is 4.79 Å². The first-order valence-corrected chi connectivity index (χ1v) is 8.19. The number of aryl methyl sites for hydroxylation is 2. The Balaban J connectivity index is 1.39. The van der Waals surface area contributed by atoms with Crippen molar-refractivity contribution in [3.63, 3.8) is 0 Å². The maximum absolute atomic E-state index is 12.3. The summed E-state index contributed by atoms with van der Waals surface area (Å²) in [5, 5.41) is 6.85. The van der Waals surface area contributed by atoms with Gasteiger partial charge in [-0.2, -0.15) is 5.10 Å². The van der Waals surface area contributed by atoms with E-state index in [0.29, 0.717) is 12.2 Å². The molecule has 0 spiro atoms. The molecule has 1 aromatic carbocycles. The molecule has 23 heavy (non-hydrogen) atoms. The molecule has 0 saturated carbocycles. The van der Waals surface area contributed by atoms with Gasteiger partial charge in [-0.05, 0) is 37.8 Å². The standard InChI is InChI=1S/C18H23N3O2/c1-14-12-17(20-19-14)18(22)21-10-9-16(13-21)23-11-5-8-15-6-3-2-4-7-15/h2-4,6-7,12,16H,5,8-11,13H2,1H3,(H,19,20)/t16-/m0/s1. The van der Waals surface area contributed by atoms with E-state index in [0.717, 1.165) is 38.1 Å². The summed E-state index contributed by atoms with van der Waals surface area (Å²) >= 11 is 0. The molecule has 1 saturated heterocycles. The highest BCUT2D eigenvalue weighted by Gasteiger charge is 2.28. The predicted molar refractivity (Wildman–Crippen MR) is 88.3 cm³/mol. The third-order valence-corrected chi connectivity index (χ3v) is 4.16. The molecule has 1 aliphatic heterocycles. The molecule has 3 rings (SSSR count). The minimum absolute atomic E-state index is 0.00950. The normalized spacial score (nSPS) is 17.6. The highest BCUT2D eigenvalue weighted by atomic mass is 16.5. The van der Waals surface area contributed by atoms with Gasteiger partial charge in [0, 0.05) is 25.4 Å². The van der Waals surface area contributed by atoms with Crippen LogP contribution in [0.15, 0.2) is 36.4 Å². The van der Waals surface area contributed by atoms with Crippen molar-refractivity contribution in [3.8, 4) is 0 Å². The molecule has 5 nitrogen and oxygen atoms in total. The Morgan fingerprint density at radius 2 is 2.22 bits per heavy atom. The lowest BCUT2D eigenvalue weighted by Gasteiger charge is -2.15. The van der Waals surface area contributed by atoms with Gasteiger partial charge in [-0.15, -0.1) is 0 Å². The minimum Gasteiger partial charge on any atom is -0.376 e. The number of carbonyl (C=O) groups is 1. The number of H-pyrrole nitrogens is 1. The molecule has 0 bridgehead atoms. The van der Waals surface area contributed by atoms with Gasteiger partial charge in [0.2, 0.25) is 0 Å². The Hall–Kier alpha value is -2.14. The van der Waals surface area contributed by atoms with Crippen molar-refractivity contribution in [1.29, 1.82) is 0 Å². The van der Waals surface area contributed by atoms with Crippen molar-refractivity contribution in [1.82, 2.24) is 15.1 Å². The van der Waals surface area contributed by atoms with Crippen LogP contribution in [0.3, 0.4) is 0 Å². The Morgan fingerprint density at radius 1 is 1.39 bits per heavy atom. The van der Waals surface area contributed by atoms with Crippen molar-refractivity contribution in [2.45, 2.75) is 32.3 Å². The number of ether oxygens (including phenoxy) is 1. The second kappa shape index (κ2) is 7.42. The fraction of sp³-hybridized carbons (Fsp3) is 0.444. The molecule has 1 aromatic heterocycles. The summed E-state index contributed by atoms with van der Waals surface area (Å²) in [6, 6.07) is 12.2. The van der Waals surface area contributed by atoms with E-state index in [1.807, 2.05) is 17.9 Å². The summed E-state index contributed by atoms with van der Waals surface area (Å²) in [5.41, 5.74) is 2.74. The third-order valence-electron chi connectivity index (χ3n) is 4.16. The van der Waals surface area contributed by atoms with Crippen LogP contribution in [0.2, 0.25) is 0 Å². The number of nitrogens with zero attached hydrogens (tertiary/aromatic N) is 2. The van der Waals surface area contributed by atoms with E-state index in [1.54, 1.807) is 6.07 Å². The highest BCUT2D eigenvalue weighted by molar-refractivity contribution is 5.92. The summed E-state index contributed by atoms with van der Waals surface area (Å²) in [6.45, 7) is 4.04. The van der Waals surface area contributed by atoms with Crippen LogP contribution in [0.4, 0.5) is 0 Å². The third kappa shape index (κ3) is 4.20. The number of hydrogen-bond donors (Lipinski definition) is 1. The van der Waals surface area contributed by atoms with Crippen LogP contribution in [0.5, 0.6) is 0 Å². The van der Waals surface area contributed by atoms with E-state index in [-0.39, 0.29) is 12.0 Å². The van der Waals surface area contributed by atoms with Gasteiger partial charge in [-0.3, -0.25) is 9.89 Å². The van der Waals surface area contributed by atoms with Gasteiger partial charge in [0.1, 0.15) is 5.69 Å². The van der Waals surface area contributed by atoms with E-state index in [4.69, 9.17) is 4.74 Å². The molecule has 1 N–H and O–H groups in total. The van der Waals surface area contributed by atoms with E-state index in [2.05, 4.69) is 34.5 Å². The minimum atomic E-state index is -0.00950. The summed E-state index contributed by atoms with van der Waals surface area (Å²) in [6.07, 6.45) is 3.09. The van der Waals surface area contributed by atoms with Gasteiger partial charge < -0.3 is 9.64 Å². The second-order valence-corrected chi connectivity index (χ2v) is 6.06. The highest BCUT2D eigenvalue weighted by Crippen LogP contribution is 2.16. The van der Waals surface area contributed by atoms with Crippen molar-refractivity contribution < 1.29 is 9.53 Å². The molecular weight excluding hydrogens is 290 g/mol. The summed E-state index contributed by atoms with van der Waals surface area (Å²) in [5.74, 6) is -0.00950. The molecule has 0 unspecified atom stereocenters. The number of rotatable bonds is 6. The van der Waals surface area contributed by atoms with Gasteiger partial charge in [0.05, 0.1) is 6.10 Å². The average Bonchev–Trinajstić information content (AvgIpc) is 3.21. The number of benzene rings is 1. The van der Waals surface area contributed by atoms with E-state index >= 15 is 0 Å². The second-order valence-electron chi connectivity index (χ2n) is 6.06. The Morgan fingerprint density at radius 3 is 2.96 bits per heavy atom. The van der Waals surface area contributed by atoms with Crippen LogP contribution in [0, 0.1) is 6.92 Å². The lowest BCUT2D eigenvalue weighted by Crippen LogP contribution is -2.30. The zero-order valence-electron chi connectivity index (χ0n) is 13.5. The number of amides is 1. The Labute approximate surface area is 136 Å². The maximum atomic E-state index is 12.3. The van der Waals surface area contributed by atoms with Gasteiger partial charge in [0.25, 0.3) is 5.91 Å². The number of likely N-dealkylation sites (tertiary alicyclic amines) is 1. The summed E-state index contributed by atoms with van der Waals surface area (Å²) in [7, 11) is 0. The van der Waals surface area contributed by atoms with Crippen molar-refractivity contribution in [2.24, 2.45) is 0 Å². The largest absolute Gasteiger partial charge is 0.376 e. The quantitative estimate of drug-likeness (QED) is 0.834. The zero-order valence-corrected chi connectivity index (χ0v) is 13.5. The number of aromatic nitrogens is 2. The first-order chi connectivity index (χ1) is 11.2. The predicted octanol–water partition coefficient (Wildman–Crippen LogP) is 2.58. The summed E-state index contributed by atoms with van der Waals surface area (Å²) < 4.78 is 5.92. The molecule has 2 aromatic rings. The molecule has 0 aliphatic carbocycles. The van der Waals surface area contributed by atoms with Crippen molar-refractivity contribution in [3.05, 3.63) is 53.3 Å². The Kier molecular flexibility index (Phi) is 5.08. The molecular formula is C18H23N3O2. The molecule has 122 valence electrons. The number of nitrogens with one attached hydrogen (secondary N) is 1. The van der Waals surface area contributed by atoms with Crippen molar-refractivity contribution in [2.75, 3.05) is 19.7 Å². The average molecular weight is 313 g/mol. The monoisotopic (exact) mass is 313 g/mol. The van der Waals surface area contributed by atoms with Crippen molar-refractivity contribution >= 4 is 5.91 Å². The van der Waals surface area contributed by atoms with Crippen LogP contribution in [-0.4, -0.2) is 46.8 Å². The first-order valence-electron chi connectivity index (χ1n) is 8.19. The lowest BCUT2D eigenvalue weighted by molar-refractivity contribution is 0.0523. The van der Waals surface area contributed by atoms with Gasteiger partial charge in [0.15, 0.2) is 0 Å². The van der Waals surface area contributed by atoms with Gasteiger partial charge >= 0.3 is 0 Å². The van der Waals surface area contributed by atoms with Crippen LogP contribution < -0.4 is 0 Å². The molecule has 1 aliphatic rings. The van der Waals surface area contributed by atoms with Crippen LogP contribution in [-0.2, 0) is 11.2 Å². The topological polar surface area (TPSA) is 58.2 Å². The molecule has 1 amide bonds. The molecule has 1 fully saturated rings. The first kappa shape index (κ1) is 15.7. The summed E-state index contributed by atoms with van der Waals surface area (Å²) in [4.78, 5) is 14.1. The molecule has 1 atom stereocenters. The van der Waals surface area contributed by atoms with Gasteiger partial charge in [-0.25, -0.2) is 0 Å². The Bertz CT molecular complexity index is 639. The zero-order chi connectivity index (χ0) is 16.1. The lowest BCUT2D eigenvalue weighted by atomic mass is 10.1. The number of hydrogen-bond acceptors (Lipinski definition) is 3. The fourth-order valence-electron chi connectivity index (χ4n) is 2.91.